The number of aromatic nitrogens is 1. The van der Waals surface area contributed by atoms with Crippen molar-refractivity contribution >= 4 is 34.1 Å². The highest BCUT2D eigenvalue weighted by atomic mass is 35.5. The van der Waals surface area contributed by atoms with Crippen molar-refractivity contribution in [1.82, 2.24) is 14.8 Å². The molecule has 2 heterocycles. The van der Waals surface area contributed by atoms with Crippen molar-refractivity contribution in [3.8, 4) is 0 Å². The maximum Gasteiger partial charge on any atom is 0.223 e. The molecule has 6 heteroatoms. The molecule has 0 radical (unpaired) electrons. The number of rotatable bonds is 6. The average molecular weight is 439 g/mol. The number of halogens is 1. The molecule has 31 heavy (non-hydrogen) atoms. The van der Waals surface area contributed by atoms with Crippen LogP contribution in [0.3, 0.4) is 0 Å². The molecular weight excluding hydrogens is 408 g/mol. The summed E-state index contributed by atoms with van der Waals surface area (Å²) >= 11 is 6.22. The Labute approximate surface area is 189 Å². The second-order valence-electron chi connectivity index (χ2n) is 8.76. The molecule has 5 nitrogen and oxygen atoms in total. The molecule has 2 aromatic carbocycles. The standard InChI is InChI=1S/C25H31ClN4O/c1-28(2)22-7-4-18(5-8-22)15-27-25(31)19-10-12-30(13-11-19)17-20-16-29(3)24-9-6-21(26)14-23(20)24/h4-9,14,16,19H,10-13,15,17H2,1-3H3,(H,27,31). The summed E-state index contributed by atoms with van der Waals surface area (Å²) in [6.07, 6.45) is 4.00. The smallest absolute Gasteiger partial charge is 0.223 e. The fourth-order valence-corrected chi connectivity index (χ4v) is 4.58. The summed E-state index contributed by atoms with van der Waals surface area (Å²) < 4.78 is 2.16. The summed E-state index contributed by atoms with van der Waals surface area (Å²) in [5, 5.41) is 5.11. The van der Waals surface area contributed by atoms with Gasteiger partial charge in [-0.05, 0) is 67.4 Å². The van der Waals surface area contributed by atoms with Crippen LogP contribution in [0.25, 0.3) is 10.9 Å². The number of benzene rings is 2. The van der Waals surface area contributed by atoms with E-state index in [2.05, 4.69) is 69.3 Å². The van der Waals surface area contributed by atoms with E-state index in [4.69, 9.17) is 11.6 Å². The first-order valence-electron chi connectivity index (χ1n) is 10.9. The second kappa shape index (κ2) is 9.33. The molecule has 0 saturated carbocycles. The minimum Gasteiger partial charge on any atom is -0.378 e. The second-order valence-corrected chi connectivity index (χ2v) is 9.19. The van der Waals surface area contributed by atoms with Gasteiger partial charge in [-0.3, -0.25) is 9.69 Å². The highest BCUT2D eigenvalue weighted by Crippen LogP contribution is 2.27. The minimum absolute atomic E-state index is 0.0965. The van der Waals surface area contributed by atoms with Crippen LogP contribution in [0.1, 0.15) is 24.0 Å². The zero-order chi connectivity index (χ0) is 22.0. The van der Waals surface area contributed by atoms with Crippen molar-refractivity contribution < 1.29 is 4.79 Å². The van der Waals surface area contributed by atoms with Gasteiger partial charge in [0.15, 0.2) is 0 Å². The Kier molecular flexibility index (Phi) is 6.54. The van der Waals surface area contributed by atoms with E-state index in [-0.39, 0.29) is 11.8 Å². The predicted molar refractivity (Wildman–Crippen MR) is 129 cm³/mol. The summed E-state index contributed by atoms with van der Waals surface area (Å²) in [5.74, 6) is 0.271. The van der Waals surface area contributed by atoms with Gasteiger partial charge in [0, 0.05) is 68.0 Å². The van der Waals surface area contributed by atoms with Crippen LogP contribution < -0.4 is 10.2 Å². The third-order valence-electron chi connectivity index (χ3n) is 6.31. The number of anilines is 1. The molecule has 1 saturated heterocycles. The van der Waals surface area contributed by atoms with Crippen LogP contribution in [0.4, 0.5) is 5.69 Å². The number of amides is 1. The fraction of sp³-hybridized carbons (Fsp3) is 0.400. The van der Waals surface area contributed by atoms with Crippen molar-refractivity contribution in [2.45, 2.75) is 25.9 Å². The highest BCUT2D eigenvalue weighted by molar-refractivity contribution is 6.31. The Morgan fingerprint density at radius 2 is 1.84 bits per heavy atom. The van der Waals surface area contributed by atoms with Crippen LogP contribution in [-0.2, 0) is 24.9 Å². The number of hydrogen-bond donors (Lipinski definition) is 1. The molecule has 1 fully saturated rings. The monoisotopic (exact) mass is 438 g/mol. The number of likely N-dealkylation sites (tertiary alicyclic amines) is 1. The van der Waals surface area contributed by atoms with Crippen molar-refractivity contribution in [1.29, 1.82) is 0 Å². The van der Waals surface area contributed by atoms with Crippen molar-refractivity contribution in [3.63, 3.8) is 0 Å². The molecule has 0 atom stereocenters. The molecule has 4 rings (SSSR count). The summed E-state index contributed by atoms with van der Waals surface area (Å²) in [6, 6.07) is 14.4. The predicted octanol–water partition coefficient (Wildman–Crippen LogP) is 4.43. The van der Waals surface area contributed by atoms with Gasteiger partial charge in [-0.1, -0.05) is 23.7 Å². The van der Waals surface area contributed by atoms with E-state index in [0.29, 0.717) is 6.54 Å². The largest absolute Gasteiger partial charge is 0.378 e. The first-order valence-corrected chi connectivity index (χ1v) is 11.3. The molecule has 0 unspecified atom stereocenters. The van der Waals surface area contributed by atoms with E-state index in [0.717, 1.165) is 48.7 Å². The lowest BCUT2D eigenvalue weighted by Gasteiger charge is -2.31. The quantitative estimate of drug-likeness (QED) is 0.619. The summed E-state index contributed by atoms with van der Waals surface area (Å²) in [5.41, 5.74) is 4.79. The molecule has 1 amide bonds. The summed E-state index contributed by atoms with van der Waals surface area (Å²) in [4.78, 5) is 17.2. The molecule has 164 valence electrons. The third-order valence-corrected chi connectivity index (χ3v) is 6.54. The molecule has 1 aliphatic heterocycles. The molecule has 0 bridgehead atoms. The van der Waals surface area contributed by atoms with Gasteiger partial charge >= 0.3 is 0 Å². The normalized spacial score (nSPS) is 15.4. The third kappa shape index (κ3) is 5.05. The molecule has 1 aliphatic rings. The van der Waals surface area contributed by atoms with Crippen molar-refractivity contribution in [2.24, 2.45) is 13.0 Å². The molecule has 1 N–H and O–H groups in total. The van der Waals surface area contributed by atoms with Gasteiger partial charge in [0.2, 0.25) is 5.91 Å². The number of nitrogens with zero attached hydrogens (tertiary/aromatic N) is 3. The maximum absolute atomic E-state index is 12.7. The first kappa shape index (κ1) is 21.7. The molecule has 0 aliphatic carbocycles. The van der Waals surface area contributed by atoms with Gasteiger partial charge in [-0.25, -0.2) is 0 Å². The van der Waals surface area contributed by atoms with Crippen LogP contribution in [0.15, 0.2) is 48.7 Å². The zero-order valence-corrected chi connectivity index (χ0v) is 19.3. The fourth-order valence-electron chi connectivity index (χ4n) is 4.41. The number of hydrogen-bond acceptors (Lipinski definition) is 3. The Bertz CT molecular complexity index is 1050. The number of fused-ring (bicyclic) bond motifs is 1. The number of aryl methyl sites for hydroxylation is 1. The molecule has 3 aromatic rings. The molecule has 0 spiro atoms. The lowest BCUT2D eigenvalue weighted by atomic mass is 9.95. The van der Waals surface area contributed by atoms with Crippen LogP contribution in [0, 0.1) is 5.92 Å². The number of carbonyl (C=O) groups excluding carboxylic acids is 1. The summed E-state index contributed by atoms with van der Waals surface area (Å²) in [7, 11) is 6.13. The van der Waals surface area contributed by atoms with Gasteiger partial charge in [0.05, 0.1) is 0 Å². The van der Waals surface area contributed by atoms with E-state index in [1.807, 2.05) is 20.2 Å². The van der Waals surface area contributed by atoms with Gasteiger partial charge < -0.3 is 14.8 Å². The van der Waals surface area contributed by atoms with E-state index >= 15 is 0 Å². The van der Waals surface area contributed by atoms with E-state index in [9.17, 15) is 4.79 Å². The van der Waals surface area contributed by atoms with Crippen molar-refractivity contribution in [3.05, 3.63) is 64.8 Å². The maximum atomic E-state index is 12.7. The number of nitrogens with one attached hydrogen (secondary N) is 1. The van der Waals surface area contributed by atoms with Gasteiger partial charge in [0.25, 0.3) is 0 Å². The zero-order valence-electron chi connectivity index (χ0n) is 18.6. The molecular formula is C25H31ClN4O. The average Bonchev–Trinajstić information content (AvgIpc) is 3.07. The SMILES string of the molecule is CN(C)c1ccc(CNC(=O)C2CCN(Cc3cn(C)c4ccc(Cl)cc34)CC2)cc1. The van der Waals surface area contributed by atoms with Gasteiger partial charge in [0.1, 0.15) is 0 Å². The Balaban J connectivity index is 1.28. The van der Waals surface area contributed by atoms with Gasteiger partial charge in [-0.2, -0.15) is 0 Å². The lowest BCUT2D eigenvalue weighted by Crippen LogP contribution is -2.40. The van der Waals surface area contributed by atoms with E-state index < -0.39 is 0 Å². The van der Waals surface area contributed by atoms with Crippen molar-refractivity contribution in [2.75, 3.05) is 32.1 Å². The first-order chi connectivity index (χ1) is 14.9. The van der Waals surface area contributed by atoms with E-state index in [1.54, 1.807) is 0 Å². The lowest BCUT2D eigenvalue weighted by molar-refractivity contribution is -0.126. The Morgan fingerprint density at radius 1 is 1.13 bits per heavy atom. The summed E-state index contributed by atoms with van der Waals surface area (Å²) in [6.45, 7) is 3.35. The minimum atomic E-state index is 0.0965. The number of piperidine rings is 1. The molecule has 1 aromatic heterocycles. The Hall–Kier alpha value is -2.50. The van der Waals surface area contributed by atoms with Crippen LogP contribution in [0.5, 0.6) is 0 Å². The van der Waals surface area contributed by atoms with Crippen LogP contribution >= 0.6 is 11.6 Å². The van der Waals surface area contributed by atoms with Crippen LogP contribution in [-0.4, -0.2) is 42.6 Å². The topological polar surface area (TPSA) is 40.5 Å². The number of carbonyl (C=O) groups is 1. The van der Waals surface area contributed by atoms with Crippen LogP contribution in [0.2, 0.25) is 5.02 Å². The van der Waals surface area contributed by atoms with E-state index in [1.165, 1.54) is 16.5 Å². The Morgan fingerprint density at radius 3 is 2.52 bits per heavy atom. The highest BCUT2D eigenvalue weighted by Gasteiger charge is 2.25. The van der Waals surface area contributed by atoms with Gasteiger partial charge in [-0.15, -0.1) is 0 Å².